The van der Waals surface area contributed by atoms with Gasteiger partial charge in [0.25, 0.3) is 0 Å². The summed E-state index contributed by atoms with van der Waals surface area (Å²) in [5.41, 5.74) is 1.59. The number of methoxy groups -OCH3 is 1. The monoisotopic (exact) mass is 500 g/mol. The van der Waals surface area contributed by atoms with E-state index in [2.05, 4.69) is 11.3 Å². The topological polar surface area (TPSA) is 73.6 Å². The fraction of sp³-hybridized carbons (Fsp3) is 0.286. The first-order valence-corrected chi connectivity index (χ1v) is 9.81. The summed E-state index contributed by atoms with van der Waals surface area (Å²) < 4.78 is 58.9. The third-order valence-corrected chi connectivity index (χ3v) is 2.85. The molecule has 0 fully saturated rings. The predicted octanol–water partition coefficient (Wildman–Crippen LogP) is 6.39. The van der Waals surface area contributed by atoms with Gasteiger partial charge in [0.2, 0.25) is 5.82 Å². The normalized spacial score (nSPS) is 9.47. The number of rotatable bonds is 2. The highest BCUT2D eigenvalue weighted by atomic mass is 35.5. The van der Waals surface area contributed by atoms with E-state index < -0.39 is 35.0 Å². The number of nitrogens with one attached hydrogen (secondary N) is 1. The highest BCUT2D eigenvalue weighted by molar-refractivity contribution is 6.40. The summed E-state index contributed by atoms with van der Waals surface area (Å²) in [6.45, 7) is 8.62. The Morgan fingerprint density at radius 1 is 1.06 bits per heavy atom. The second kappa shape index (κ2) is 17.1. The average molecular weight is 501 g/mol. The molecule has 0 saturated heterocycles. The smallest absolute Gasteiger partial charge is 0.421 e. The molecule has 11 heteroatoms. The molecule has 2 aromatic carbocycles. The van der Waals surface area contributed by atoms with Gasteiger partial charge in [-0.15, -0.1) is 23.2 Å². The number of carbonyl (C=O) groups excluding carboxylic acids is 1. The maximum absolute atomic E-state index is 12.6. The van der Waals surface area contributed by atoms with Gasteiger partial charge in [-0.2, -0.15) is 4.39 Å². The molecule has 0 radical (unpaired) electrons. The fourth-order valence-electron chi connectivity index (χ4n) is 1.63. The van der Waals surface area contributed by atoms with E-state index in [9.17, 15) is 22.4 Å². The summed E-state index contributed by atoms with van der Waals surface area (Å²) in [7, 11) is 1.29. The van der Waals surface area contributed by atoms with Crippen LogP contribution in [0.4, 0.5) is 22.4 Å². The molecule has 0 aliphatic carbocycles. The SMILES string of the molecule is C=Cc1cccc(F)c1F.CC(C)(C)OC(=O)NN.COc1cccc(F)c1F.ClCCl. The van der Waals surface area contributed by atoms with E-state index in [1.165, 1.54) is 37.5 Å². The van der Waals surface area contributed by atoms with Crippen LogP contribution in [0.3, 0.4) is 0 Å². The van der Waals surface area contributed by atoms with Crippen molar-refractivity contribution >= 4 is 35.4 Å². The molecule has 0 heterocycles. The number of halogens is 6. The van der Waals surface area contributed by atoms with Gasteiger partial charge in [-0.05, 0) is 39.0 Å². The Hall–Kier alpha value is -2.49. The molecule has 32 heavy (non-hydrogen) atoms. The van der Waals surface area contributed by atoms with Crippen molar-refractivity contribution in [3.05, 3.63) is 71.8 Å². The Bertz CT molecular complexity index is 835. The van der Waals surface area contributed by atoms with Crippen molar-refractivity contribution in [1.82, 2.24) is 5.43 Å². The Balaban J connectivity index is 0. The van der Waals surface area contributed by atoms with Gasteiger partial charge >= 0.3 is 6.09 Å². The molecule has 0 aromatic heterocycles. The zero-order valence-corrected chi connectivity index (χ0v) is 19.5. The quantitative estimate of drug-likeness (QED) is 0.165. The Kier molecular flexibility index (Phi) is 16.9. The maximum atomic E-state index is 12.6. The van der Waals surface area contributed by atoms with Crippen molar-refractivity contribution in [2.45, 2.75) is 26.4 Å². The molecule has 0 saturated carbocycles. The highest BCUT2D eigenvalue weighted by Gasteiger charge is 2.14. The standard InChI is InChI=1S/C8H6F2.C7H6F2O.C5H12N2O2.CH2Cl2/c1-2-6-4-3-5-7(9)8(6)10;1-10-6-4-2-3-5(8)7(6)9;1-5(2,3)9-4(8)7-6;2-1-3/h2-5H,1H2;2-4H,1H3;6H2,1-3H3,(H,7,8);1H2. The zero-order chi connectivity index (χ0) is 25.3. The molecule has 0 aliphatic heterocycles. The molecule has 1 amide bonds. The maximum Gasteiger partial charge on any atom is 0.421 e. The van der Waals surface area contributed by atoms with Gasteiger partial charge in [0.15, 0.2) is 23.2 Å². The van der Waals surface area contributed by atoms with Crippen molar-refractivity contribution in [3.8, 4) is 5.75 Å². The zero-order valence-electron chi connectivity index (χ0n) is 18.0. The molecule has 3 N–H and O–H groups in total. The number of amides is 1. The van der Waals surface area contributed by atoms with Gasteiger partial charge in [-0.25, -0.2) is 23.8 Å². The van der Waals surface area contributed by atoms with E-state index in [1.807, 2.05) is 5.43 Å². The molecule has 0 unspecified atom stereocenters. The number of hydrazine groups is 1. The van der Waals surface area contributed by atoms with Crippen LogP contribution in [-0.2, 0) is 4.74 Å². The molecule has 0 atom stereocenters. The Morgan fingerprint density at radius 2 is 1.53 bits per heavy atom. The Morgan fingerprint density at radius 3 is 1.84 bits per heavy atom. The van der Waals surface area contributed by atoms with Crippen LogP contribution in [0.15, 0.2) is 43.0 Å². The lowest BCUT2D eigenvalue weighted by molar-refractivity contribution is 0.0527. The second-order valence-electron chi connectivity index (χ2n) is 6.35. The summed E-state index contributed by atoms with van der Waals surface area (Å²) in [4.78, 5) is 10.4. The molecule has 180 valence electrons. The first-order chi connectivity index (χ1) is 14.9. The lowest BCUT2D eigenvalue weighted by Crippen LogP contribution is -2.36. The average Bonchev–Trinajstić information content (AvgIpc) is 2.72. The number of hydrogen-bond donors (Lipinski definition) is 2. The van der Waals surface area contributed by atoms with Crippen LogP contribution >= 0.6 is 23.2 Å². The van der Waals surface area contributed by atoms with Crippen molar-refractivity contribution in [2.75, 3.05) is 12.4 Å². The third-order valence-electron chi connectivity index (χ3n) is 2.85. The summed E-state index contributed by atoms with van der Waals surface area (Å²) >= 11 is 9.53. The largest absolute Gasteiger partial charge is 0.494 e. The van der Waals surface area contributed by atoms with Gasteiger partial charge in [0.1, 0.15) is 5.60 Å². The van der Waals surface area contributed by atoms with Crippen LogP contribution in [0.25, 0.3) is 6.08 Å². The summed E-state index contributed by atoms with van der Waals surface area (Å²) in [5, 5.41) is 0.194. The fourth-order valence-corrected chi connectivity index (χ4v) is 1.63. The molecule has 5 nitrogen and oxygen atoms in total. The number of benzene rings is 2. The van der Waals surface area contributed by atoms with E-state index in [1.54, 1.807) is 20.8 Å². The van der Waals surface area contributed by atoms with Crippen molar-refractivity contribution < 1.29 is 31.8 Å². The van der Waals surface area contributed by atoms with E-state index >= 15 is 0 Å². The van der Waals surface area contributed by atoms with Gasteiger partial charge < -0.3 is 9.47 Å². The van der Waals surface area contributed by atoms with E-state index in [-0.39, 0.29) is 16.7 Å². The summed E-state index contributed by atoms with van der Waals surface area (Å²) in [5.74, 6) is 1.18. The Labute approximate surface area is 195 Å². The minimum absolute atomic E-state index is 0.0694. The molecular weight excluding hydrogens is 475 g/mol. The second-order valence-corrected chi connectivity index (χ2v) is 7.16. The number of hydrogen-bond acceptors (Lipinski definition) is 4. The summed E-state index contributed by atoms with van der Waals surface area (Å²) in [6, 6.07) is 7.76. The van der Waals surface area contributed by atoms with Crippen LogP contribution in [0, 0.1) is 23.3 Å². The molecule has 0 aliphatic rings. The van der Waals surface area contributed by atoms with Crippen LogP contribution in [0.5, 0.6) is 5.75 Å². The van der Waals surface area contributed by atoms with Gasteiger partial charge in [-0.3, -0.25) is 5.43 Å². The molecular formula is C21H26Cl2F4N2O3. The van der Waals surface area contributed by atoms with Crippen LogP contribution in [-0.4, -0.2) is 24.1 Å². The van der Waals surface area contributed by atoms with E-state index in [0.29, 0.717) is 0 Å². The lowest BCUT2D eigenvalue weighted by Gasteiger charge is -2.18. The minimum Gasteiger partial charge on any atom is -0.494 e. The van der Waals surface area contributed by atoms with Crippen LogP contribution < -0.4 is 16.0 Å². The van der Waals surface area contributed by atoms with Gasteiger partial charge in [0, 0.05) is 5.56 Å². The van der Waals surface area contributed by atoms with Crippen LogP contribution in [0.2, 0.25) is 0 Å². The molecule has 0 bridgehead atoms. The van der Waals surface area contributed by atoms with Gasteiger partial charge in [-0.1, -0.05) is 30.9 Å². The van der Waals surface area contributed by atoms with Crippen molar-refractivity contribution in [1.29, 1.82) is 0 Å². The third kappa shape index (κ3) is 14.5. The van der Waals surface area contributed by atoms with E-state index in [0.717, 1.165) is 12.1 Å². The van der Waals surface area contributed by atoms with Crippen LogP contribution in [0.1, 0.15) is 26.3 Å². The highest BCUT2D eigenvalue weighted by Crippen LogP contribution is 2.17. The summed E-state index contributed by atoms with van der Waals surface area (Å²) in [6.07, 6.45) is 0.667. The first kappa shape index (κ1) is 31.7. The molecule has 2 rings (SSSR count). The number of carbonyl (C=O) groups is 1. The van der Waals surface area contributed by atoms with Crippen molar-refractivity contribution in [3.63, 3.8) is 0 Å². The first-order valence-electron chi connectivity index (χ1n) is 8.74. The minimum atomic E-state index is -0.940. The van der Waals surface area contributed by atoms with Gasteiger partial charge in [0.05, 0.1) is 12.4 Å². The van der Waals surface area contributed by atoms with E-state index in [4.69, 9.17) is 33.8 Å². The van der Waals surface area contributed by atoms with Crippen molar-refractivity contribution in [2.24, 2.45) is 5.84 Å². The molecule has 0 spiro atoms. The lowest BCUT2D eigenvalue weighted by atomic mass is 10.2. The molecule has 2 aromatic rings. The number of alkyl halides is 2. The predicted molar refractivity (Wildman–Crippen MR) is 119 cm³/mol. The number of ether oxygens (including phenoxy) is 2. The number of nitrogens with two attached hydrogens (primary N) is 1.